The van der Waals surface area contributed by atoms with Gasteiger partial charge in [0.1, 0.15) is 11.5 Å². The fourth-order valence-electron chi connectivity index (χ4n) is 2.80. The molecule has 0 radical (unpaired) electrons. The van der Waals surface area contributed by atoms with Crippen molar-refractivity contribution in [2.75, 3.05) is 12.4 Å². The summed E-state index contributed by atoms with van der Waals surface area (Å²) in [5.74, 6) is 1.23. The van der Waals surface area contributed by atoms with Gasteiger partial charge >= 0.3 is 12.1 Å². The highest BCUT2D eigenvalue weighted by Gasteiger charge is 2.31. The first-order valence-electron chi connectivity index (χ1n) is 8.25. The van der Waals surface area contributed by atoms with Gasteiger partial charge in [0.25, 0.3) is 0 Å². The summed E-state index contributed by atoms with van der Waals surface area (Å²) in [6.07, 6.45) is -4.14. The average Bonchev–Trinajstić information content (AvgIpc) is 2.98. The van der Waals surface area contributed by atoms with Crippen molar-refractivity contribution in [1.29, 1.82) is 0 Å². The van der Waals surface area contributed by atoms with Crippen LogP contribution in [0.4, 0.5) is 13.2 Å². The predicted octanol–water partition coefficient (Wildman–Crippen LogP) is 6.29. The minimum absolute atomic E-state index is 0.0766. The molecule has 0 N–H and O–H groups in total. The van der Waals surface area contributed by atoms with Crippen molar-refractivity contribution < 1.29 is 27.4 Å². The maximum atomic E-state index is 12.7. The van der Waals surface area contributed by atoms with E-state index in [0.29, 0.717) is 18.8 Å². The summed E-state index contributed by atoms with van der Waals surface area (Å²) < 4.78 is 48.8. The van der Waals surface area contributed by atoms with Gasteiger partial charge in [0.05, 0.1) is 23.6 Å². The Morgan fingerprint density at radius 2 is 2.04 bits per heavy atom. The number of carbonyl (C=O) groups is 1. The highest BCUT2D eigenvalue weighted by molar-refractivity contribution is 7.99. The molecule has 0 bridgehead atoms. The third kappa shape index (κ3) is 4.71. The number of fused-ring (bicyclic) bond motifs is 1. The molecule has 1 aliphatic heterocycles. The van der Waals surface area contributed by atoms with Crippen molar-refractivity contribution in [3.63, 3.8) is 0 Å². The number of ether oxygens (including phenoxy) is 2. The van der Waals surface area contributed by atoms with Crippen molar-refractivity contribution in [3.05, 3.63) is 52.5 Å². The van der Waals surface area contributed by atoms with Gasteiger partial charge in [-0.15, -0.1) is 11.8 Å². The van der Waals surface area contributed by atoms with Crippen LogP contribution in [-0.4, -0.2) is 18.3 Å². The normalized spacial score (nSPS) is 16.1. The molecule has 1 heterocycles. The molecule has 8 heteroatoms. The van der Waals surface area contributed by atoms with Gasteiger partial charge in [0, 0.05) is 16.6 Å². The standard InChI is InChI=1S/C19H16ClF3O3S/c1-2-25-18(24)7-11-10-27-17-9-13(4-5-14(11)17)26-16-6-3-12(8-15(16)20)19(21,22)23/h3-6,8-9,11H,2,7,10H2,1H3. The Bertz CT molecular complexity index is 855. The van der Waals surface area contributed by atoms with Gasteiger partial charge in [-0.05, 0) is 42.8 Å². The number of rotatable bonds is 5. The number of hydrogen-bond donors (Lipinski definition) is 0. The number of alkyl halides is 3. The minimum Gasteiger partial charge on any atom is -0.466 e. The SMILES string of the molecule is CCOC(=O)CC1CSc2cc(Oc3ccc(C(F)(F)F)cc3Cl)ccc21. The second-order valence-corrected chi connectivity index (χ2v) is 7.43. The average molecular weight is 417 g/mol. The number of hydrogen-bond acceptors (Lipinski definition) is 4. The quantitative estimate of drug-likeness (QED) is 0.536. The summed E-state index contributed by atoms with van der Waals surface area (Å²) in [4.78, 5) is 12.7. The first-order valence-corrected chi connectivity index (χ1v) is 9.61. The molecule has 1 unspecified atom stereocenters. The summed E-state index contributed by atoms with van der Waals surface area (Å²) in [7, 11) is 0. The Morgan fingerprint density at radius 1 is 1.26 bits per heavy atom. The molecular formula is C19H16ClF3O3S. The van der Waals surface area contributed by atoms with Crippen LogP contribution in [0.5, 0.6) is 11.5 Å². The lowest BCUT2D eigenvalue weighted by atomic mass is 9.98. The molecule has 0 aromatic heterocycles. The van der Waals surface area contributed by atoms with Crippen LogP contribution in [0.1, 0.15) is 30.4 Å². The van der Waals surface area contributed by atoms with E-state index < -0.39 is 11.7 Å². The second kappa shape index (κ2) is 8.02. The second-order valence-electron chi connectivity index (χ2n) is 5.96. The van der Waals surface area contributed by atoms with Crippen molar-refractivity contribution in [2.24, 2.45) is 0 Å². The minimum atomic E-state index is -4.46. The summed E-state index contributed by atoms with van der Waals surface area (Å²) in [6.45, 7) is 2.12. The molecule has 0 saturated heterocycles. The summed E-state index contributed by atoms with van der Waals surface area (Å²) >= 11 is 7.53. The van der Waals surface area contributed by atoms with Gasteiger partial charge in [-0.25, -0.2) is 0 Å². The zero-order valence-corrected chi connectivity index (χ0v) is 15.9. The molecular weight excluding hydrogens is 401 g/mol. The summed E-state index contributed by atoms with van der Waals surface area (Å²) in [5.41, 5.74) is 0.213. The van der Waals surface area contributed by atoms with E-state index in [9.17, 15) is 18.0 Å². The molecule has 0 fully saturated rings. The highest BCUT2D eigenvalue weighted by atomic mass is 35.5. The first kappa shape index (κ1) is 19.9. The Morgan fingerprint density at radius 3 is 2.70 bits per heavy atom. The van der Waals surface area contributed by atoms with Gasteiger partial charge in [0.15, 0.2) is 0 Å². The van der Waals surface area contributed by atoms with Crippen LogP contribution >= 0.6 is 23.4 Å². The molecule has 0 saturated carbocycles. The van der Waals surface area contributed by atoms with Crippen molar-refractivity contribution in [2.45, 2.75) is 30.3 Å². The topological polar surface area (TPSA) is 35.5 Å². The van der Waals surface area contributed by atoms with E-state index in [-0.39, 0.29) is 22.7 Å². The first-order chi connectivity index (χ1) is 12.8. The lowest BCUT2D eigenvalue weighted by Crippen LogP contribution is -2.10. The maximum absolute atomic E-state index is 12.7. The van der Waals surface area contributed by atoms with E-state index in [2.05, 4.69) is 0 Å². The van der Waals surface area contributed by atoms with Gasteiger partial charge in [-0.3, -0.25) is 4.79 Å². The fraction of sp³-hybridized carbons (Fsp3) is 0.316. The van der Waals surface area contributed by atoms with Crippen LogP contribution in [0.15, 0.2) is 41.3 Å². The maximum Gasteiger partial charge on any atom is 0.416 e. The molecule has 3 nitrogen and oxygen atoms in total. The largest absolute Gasteiger partial charge is 0.466 e. The molecule has 2 aromatic carbocycles. The number of halogens is 4. The lowest BCUT2D eigenvalue weighted by Gasteiger charge is -2.13. The van der Waals surface area contributed by atoms with E-state index in [0.717, 1.165) is 28.3 Å². The number of esters is 1. The lowest BCUT2D eigenvalue weighted by molar-refractivity contribution is -0.143. The van der Waals surface area contributed by atoms with Crippen molar-refractivity contribution in [1.82, 2.24) is 0 Å². The third-order valence-corrected chi connectivity index (χ3v) is 5.60. The van der Waals surface area contributed by atoms with Gasteiger partial charge in [-0.1, -0.05) is 17.7 Å². The molecule has 3 rings (SSSR count). The van der Waals surface area contributed by atoms with E-state index >= 15 is 0 Å². The molecule has 27 heavy (non-hydrogen) atoms. The van der Waals surface area contributed by atoms with E-state index in [1.807, 2.05) is 6.07 Å². The molecule has 0 spiro atoms. The van der Waals surface area contributed by atoms with Crippen LogP contribution in [0.3, 0.4) is 0 Å². The van der Waals surface area contributed by atoms with Crippen molar-refractivity contribution in [3.8, 4) is 11.5 Å². The van der Waals surface area contributed by atoms with Gasteiger partial charge < -0.3 is 9.47 Å². The monoisotopic (exact) mass is 416 g/mol. The highest BCUT2D eigenvalue weighted by Crippen LogP contribution is 2.44. The fourth-order valence-corrected chi connectivity index (χ4v) is 4.30. The molecule has 144 valence electrons. The van der Waals surface area contributed by atoms with Crippen LogP contribution in [0.2, 0.25) is 5.02 Å². The smallest absolute Gasteiger partial charge is 0.416 e. The molecule has 0 aliphatic carbocycles. The van der Waals surface area contributed by atoms with Crippen LogP contribution in [0.25, 0.3) is 0 Å². The predicted molar refractivity (Wildman–Crippen MR) is 97.7 cm³/mol. The molecule has 1 atom stereocenters. The molecule has 2 aromatic rings. The van der Waals surface area contributed by atoms with E-state index in [4.69, 9.17) is 21.1 Å². The number of thioether (sulfide) groups is 1. The third-order valence-electron chi connectivity index (χ3n) is 4.07. The Kier molecular flexibility index (Phi) is 5.91. The van der Waals surface area contributed by atoms with Crippen LogP contribution in [0, 0.1) is 0 Å². The zero-order valence-electron chi connectivity index (χ0n) is 14.3. The van der Waals surface area contributed by atoms with Gasteiger partial charge in [-0.2, -0.15) is 13.2 Å². The van der Waals surface area contributed by atoms with E-state index in [1.165, 1.54) is 6.07 Å². The van der Waals surface area contributed by atoms with Crippen molar-refractivity contribution >= 4 is 29.3 Å². The molecule has 1 aliphatic rings. The Hall–Kier alpha value is -1.86. The van der Waals surface area contributed by atoms with Crippen LogP contribution < -0.4 is 4.74 Å². The van der Waals surface area contributed by atoms with Crippen LogP contribution in [-0.2, 0) is 15.7 Å². The van der Waals surface area contributed by atoms with E-state index in [1.54, 1.807) is 30.8 Å². The van der Waals surface area contributed by atoms with Gasteiger partial charge in [0.2, 0.25) is 0 Å². The Labute approximate surface area is 163 Å². The number of benzene rings is 2. The molecule has 0 amide bonds. The zero-order chi connectivity index (χ0) is 19.6. The Balaban J connectivity index is 1.74. The number of carbonyl (C=O) groups excluding carboxylic acids is 1. The summed E-state index contributed by atoms with van der Waals surface area (Å²) in [5, 5.41) is -0.113. The summed E-state index contributed by atoms with van der Waals surface area (Å²) in [6, 6.07) is 8.37.